The minimum absolute atomic E-state index is 0.405. The molecule has 0 atom stereocenters. The minimum atomic E-state index is -0.832. The predicted octanol–water partition coefficient (Wildman–Crippen LogP) is 4.93. The van der Waals surface area contributed by atoms with Gasteiger partial charge in [0.05, 0.1) is 5.56 Å². The molecule has 4 bridgehead atoms. The molecule has 0 unspecified atom stereocenters. The normalized spacial score (nSPS) is 32.9. The predicted molar refractivity (Wildman–Crippen MR) is 97.4 cm³/mol. The van der Waals surface area contributed by atoms with Crippen molar-refractivity contribution in [1.82, 2.24) is 4.57 Å². The van der Waals surface area contributed by atoms with E-state index in [2.05, 4.69) is 16.7 Å². The Balaban J connectivity index is 1.48. The molecule has 1 aromatic carbocycles. The average molecular weight is 335 g/mol. The molecule has 1 heterocycles. The first kappa shape index (κ1) is 15.2. The summed E-state index contributed by atoms with van der Waals surface area (Å²) >= 11 is 0. The van der Waals surface area contributed by atoms with Crippen LogP contribution in [0.5, 0.6) is 0 Å². The van der Waals surface area contributed by atoms with Gasteiger partial charge in [0, 0.05) is 18.4 Å². The number of aromatic nitrogens is 1. The van der Waals surface area contributed by atoms with E-state index in [0.717, 1.165) is 47.4 Å². The van der Waals surface area contributed by atoms with Crippen molar-refractivity contribution in [3.63, 3.8) is 0 Å². The molecule has 4 aliphatic rings. The molecule has 0 amide bonds. The van der Waals surface area contributed by atoms with E-state index in [0.29, 0.717) is 5.56 Å². The van der Waals surface area contributed by atoms with Gasteiger partial charge >= 0.3 is 5.97 Å². The molecule has 2 aromatic rings. The molecule has 0 saturated heterocycles. The summed E-state index contributed by atoms with van der Waals surface area (Å²) in [5.41, 5.74) is 2.56. The number of hydrogen-bond donors (Lipinski definition) is 1. The Morgan fingerprint density at radius 1 is 1.00 bits per heavy atom. The monoisotopic (exact) mass is 335 g/mol. The highest BCUT2D eigenvalue weighted by atomic mass is 16.4. The van der Waals surface area contributed by atoms with E-state index < -0.39 is 5.97 Å². The summed E-state index contributed by atoms with van der Waals surface area (Å²) in [6, 6.07) is 12.1. The van der Waals surface area contributed by atoms with Crippen molar-refractivity contribution in [1.29, 1.82) is 0 Å². The lowest BCUT2D eigenvalue weighted by molar-refractivity contribution is -0.0428. The van der Waals surface area contributed by atoms with Gasteiger partial charge in [-0.3, -0.25) is 0 Å². The van der Waals surface area contributed by atoms with Crippen molar-refractivity contribution in [2.45, 2.75) is 38.6 Å². The molecule has 6 rings (SSSR count). The van der Waals surface area contributed by atoms with Gasteiger partial charge in [-0.15, -0.1) is 0 Å². The molecule has 1 N–H and O–H groups in total. The van der Waals surface area contributed by atoms with E-state index in [1.165, 1.54) is 32.1 Å². The van der Waals surface area contributed by atoms with Crippen LogP contribution in [0.3, 0.4) is 0 Å². The van der Waals surface area contributed by atoms with Crippen LogP contribution in [0.2, 0.25) is 0 Å². The zero-order chi connectivity index (χ0) is 17.0. The first-order valence-corrected chi connectivity index (χ1v) is 9.66. The topological polar surface area (TPSA) is 42.2 Å². The fraction of sp³-hybridized carbons (Fsp3) is 0.500. The van der Waals surface area contributed by atoms with Crippen molar-refractivity contribution >= 4 is 5.97 Å². The van der Waals surface area contributed by atoms with E-state index >= 15 is 0 Å². The second-order valence-corrected chi connectivity index (χ2v) is 8.53. The second-order valence-electron chi connectivity index (χ2n) is 8.53. The lowest BCUT2D eigenvalue weighted by Crippen LogP contribution is -2.46. The lowest BCUT2D eigenvalue weighted by Gasteiger charge is -2.54. The van der Waals surface area contributed by atoms with Gasteiger partial charge in [0.1, 0.15) is 0 Å². The highest BCUT2D eigenvalue weighted by molar-refractivity contribution is 5.89. The Kier molecular flexibility index (Phi) is 3.51. The largest absolute Gasteiger partial charge is 0.478 e. The van der Waals surface area contributed by atoms with Crippen LogP contribution in [0, 0.1) is 29.6 Å². The van der Waals surface area contributed by atoms with Crippen LogP contribution in [0.15, 0.2) is 42.6 Å². The Morgan fingerprint density at radius 2 is 1.64 bits per heavy atom. The smallest absolute Gasteiger partial charge is 0.337 e. The third-order valence-electron chi connectivity index (χ3n) is 7.04. The Morgan fingerprint density at radius 3 is 2.24 bits per heavy atom. The first-order valence-electron chi connectivity index (χ1n) is 9.66. The average Bonchev–Trinajstić information content (AvgIpc) is 3.02. The highest BCUT2D eigenvalue weighted by Gasteiger charge is 2.48. The first-order chi connectivity index (χ1) is 12.2. The van der Waals surface area contributed by atoms with E-state index in [1.54, 1.807) is 0 Å². The quantitative estimate of drug-likeness (QED) is 0.861. The highest BCUT2D eigenvalue weighted by Crippen LogP contribution is 2.57. The van der Waals surface area contributed by atoms with Crippen LogP contribution in [-0.4, -0.2) is 15.6 Å². The number of benzene rings is 1. The second kappa shape index (κ2) is 5.76. The van der Waals surface area contributed by atoms with Crippen molar-refractivity contribution in [3.8, 4) is 11.3 Å². The fourth-order valence-corrected chi connectivity index (χ4v) is 6.19. The number of carbonyl (C=O) groups is 1. The van der Waals surface area contributed by atoms with Crippen LogP contribution in [-0.2, 0) is 6.54 Å². The Labute approximate surface area is 148 Å². The zero-order valence-electron chi connectivity index (χ0n) is 14.5. The number of hydrogen-bond acceptors (Lipinski definition) is 1. The third kappa shape index (κ3) is 2.61. The Hall–Kier alpha value is -2.03. The molecule has 3 nitrogen and oxygen atoms in total. The summed E-state index contributed by atoms with van der Waals surface area (Å²) in [6.07, 6.45) is 8.96. The van der Waals surface area contributed by atoms with Gasteiger partial charge in [0.15, 0.2) is 0 Å². The number of nitrogens with zero attached hydrogens (tertiary/aromatic N) is 1. The molecular weight excluding hydrogens is 310 g/mol. The van der Waals surface area contributed by atoms with Gasteiger partial charge in [-0.25, -0.2) is 4.79 Å². The van der Waals surface area contributed by atoms with Crippen LogP contribution in [0.25, 0.3) is 11.3 Å². The lowest BCUT2D eigenvalue weighted by atomic mass is 9.52. The van der Waals surface area contributed by atoms with Crippen LogP contribution >= 0.6 is 0 Å². The fourth-order valence-electron chi connectivity index (χ4n) is 6.19. The maximum atomic E-state index is 11.5. The summed E-state index contributed by atoms with van der Waals surface area (Å²) in [5.74, 6) is 3.56. The number of aromatic carboxylic acids is 1. The molecule has 4 fully saturated rings. The summed E-state index contributed by atoms with van der Waals surface area (Å²) < 4.78 is 2.23. The zero-order valence-corrected chi connectivity index (χ0v) is 14.5. The number of rotatable bonds is 4. The van der Waals surface area contributed by atoms with Crippen molar-refractivity contribution in [2.75, 3.05) is 0 Å². The SMILES string of the molecule is O=C(O)c1cc(-c2ccccc2)n(CC2C3CC4CC(C3)CC2C4)c1. The van der Waals surface area contributed by atoms with Gasteiger partial charge in [0.25, 0.3) is 0 Å². The molecule has 4 saturated carbocycles. The summed E-state index contributed by atoms with van der Waals surface area (Å²) in [7, 11) is 0. The molecule has 0 radical (unpaired) electrons. The van der Waals surface area contributed by atoms with Crippen molar-refractivity contribution in [3.05, 3.63) is 48.2 Å². The van der Waals surface area contributed by atoms with Gasteiger partial charge < -0.3 is 9.67 Å². The van der Waals surface area contributed by atoms with E-state index in [1.807, 2.05) is 30.5 Å². The molecule has 130 valence electrons. The van der Waals surface area contributed by atoms with E-state index in [9.17, 15) is 9.90 Å². The van der Waals surface area contributed by atoms with Gasteiger partial charge in [-0.1, -0.05) is 30.3 Å². The maximum Gasteiger partial charge on any atom is 0.337 e. The molecule has 0 spiro atoms. The van der Waals surface area contributed by atoms with Crippen LogP contribution < -0.4 is 0 Å². The van der Waals surface area contributed by atoms with Crippen LogP contribution in [0.4, 0.5) is 0 Å². The Bertz CT molecular complexity index is 764. The van der Waals surface area contributed by atoms with E-state index in [4.69, 9.17) is 0 Å². The molecular formula is C22H25NO2. The summed E-state index contributed by atoms with van der Waals surface area (Å²) in [5, 5.41) is 9.46. The molecule has 4 aliphatic carbocycles. The summed E-state index contributed by atoms with van der Waals surface area (Å²) in [4.78, 5) is 11.5. The molecule has 3 heteroatoms. The molecule has 1 aromatic heterocycles. The molecule has 25 heavy (non-hydrogen) atoms. The van der Waals surface area contributed by atoms with Crippen LogP contribution in [0.1, 0.15) is 42.5 Å². The van der Waals surface area contributed by atoms with Gasteiger partial charge in [0.2, 0.25) is 0 Å². The minimum Gasteiger partial charge on any atom is -0.478 e. The standard InChI is InChI=1S/C22H25NO2/c24-22(25)19-11-21(16-4-2-1-3-5-16)23(12-19)13-20-17-7-14-6-15(9-17)10-18(20)8-14/h1-5,11-12,14-15,17-18,20H,6-10,13H2,(H,24,25). The van der Waals surface area contributed by atoms with Crippen molar-refractivity contribution in [2.24, 2.45) is 29.6 Å². The van der Waals surface area contributed by atoms with Crippen molar-refractivity contribution < 1.29 is 9.90 Å². The third-order valence-corrected chi connectivity index (χ3v) is 7.04. The van der Waals surface area contributed by atoms with Gasteiger partial charge in [-0.2, -0.15) is 0 Å². The number of carboxylic acids is 1. The maximum absolute atomic E-state index is 11.5. The van der Waals surface area contributed by atoms with Gasteiger partial charge in [-0.05, 0) is 73.3 Å². The number of carboxylic acid groups (broad SMARTS) is 1. The summed E-state index contributed by atoms with van der Waals surface area (Å²) in [6.45, 7) is 0.978. The molecule has 0 aliphatic heterocycles. The van der Waals surface area contributed by atoms with E-state index in [-0.39, 0.29) is 0 Å².